The minimum Gasteiger partial charge on any atom is -0.465 e. The number of allylic oxidation sites excluding steroid dienone is 1. The maximum Gasteiger partial charge on any atom is 0.199 e. The van der Waals surface area contributed by atoms with Crippen molar-refractivity contribution in [3.8, 4) is 5.75 Å². The summed E-state index contributed by atoms with van der Waals surface area (Å²) in [5, 5.41) is 0. The lowest BCUT2D eigenvalue weighted by molar-refractivity contribution is -0.105. The number of halogens is 1. The van der Waals surface area contributed by atoms with Gasteiger partial charge in [0.2, 0.25) is 0 Å². The van der Waals surface area contributed by atoms with E-state index >= 15 is 0 Å². The molecule has 0 amide bonds. The zero-order chi connectivity index (χ0) is 12.1. The number of hydrogen-bond donors (Lipinski definition) is 0. The highest BCUT2D eigenvalue weighted by Gasteiger charge is 2.15. The molecule has 0 bridgehead atoms. The summed E-state index contributed by atoms with van der Waals surface area (Å²) in [6.45, 7) is 4.66. The van der Waals surface area contributed by atoms with Crippen molar-refractivity contribution in [1.82, 2.24) is 0 Å². The Morgan fingerprint density at radius 3 is 3.06 bits per heavy atom. The van der Waals surface area contributed by atoms with Crippen molar-refractivity contribution in [2.24, 2.45) is 0 Å². The second-order valence-electron chi connectivity index (χ2n) is 4.26. The molecule has 0 aliphatic carbocycles. The largest absolute Gasteiger partial charge is 0.465 e. The molecular formula is C14H17BrO2. The summed E-state index contributed by atoms with van der Waals surface area (Å²) in [5.41, 5.74) is 1.19. The van der Waals surface area contributed by atoms with Crippen molar-refractivity contribution in [2.45, 2.75) is 32.0 Å². The molecule has 0 saturated carbocycles. The van der Waals surface area contributed by atoms with Gasteiger partial charge in [0.1, 0.15) is 5.75 Å². The topological polar surface area (TPSA) is 18.5 Å². The van der Waals surface area contributed by atoms with Gasteiger partial charge in [-0.25, -0.2) is 0 Å². The lowest BCUT2D eigenvalue weighted by Gasteiger charge is -2.23. The summed E-state index contributed by atoms with van der Waals surface area (Å²) in [7, 11) is 0. The Labute approximate surface area is 111 Å². The van der Waals surface area contributed by atoms with E-state index < -0.39 is 0 Å². The van der Waals surface area contributed by atoms with Gasteiger partial charge < -0.3 is 9.47 Å². The van der Waals surface area contributed by atoms with E-state index in [-0.39, 0.29) is 6.29 Å². The summed E-state index contributed by atoms with van der Waals surface area (Å²) in [6, 6.07) is 8.09. The number of ether oxygens (including phenoxy) is 2. The highest BCUT2D eigenvalue weighted by Crippen LogP contribution is 2.21. The Morgan fingerprint density at radius 2 is 2.35 bits per heavy atom. The average Bonchev–Trinajstić information content (AvgIpc) is 2.30. The van der Waals surface area contributed by atoms with Gasteiger partial charge in [0.25, 0.3) is 0 Å². The summed E-state index contributed by atoms with van der Waals surface area (Å²) >= 11 is 3.37. The van der Waals surface area contributed by atoms with Gasteiger partial charge in [0.05, 0.1) is 6.61 Å². The fraction of sp³-hybridized carbons (Fsp3) is 0.429. The van der Waals surface area contributed by atoms with Crippen LogP contribution in [0, 0.1) is 0 Å². The van der Waals surface area contributed by atoms with Crippen LogP contribution in [0.2, 0.25) is 0 Å². The smallest absolute Gasteiger partial charge is 0.199 e. The van der Waals surface area contributed by atoms with Gasteiger partial charge in [-0.15, -0.1) is 0 Å². The van der Waals surface area contributed by atoms with Crippen molar-refractivity contribution < 1.29 is 9.47 Å². The van der Waals surface area contributed by atoms with E-state index in [1.54, 1.807) is 0 Å². The number of benzene rings is 1. The maximum atomic E-state index is 5.81. The molecule has 1 saturated heterocycles. The lowest BCUT2D eigenvalue weighted by atomic mass is 10.1. The normalized spacial score (nSPS) is 19.9. The van der Waals surface area contributed by atoms with E-state index in [4.69, 9.17) is 9.47 Å². The zero-order valence-electron chi connectivity index (χ0n) is 9.82. The fourth-order valence-electron chi connectivity index (χ4n) is 1.91. The molecule has 0 unspecified atom stereocenters. The number of hydrogen-bond acceptors (Lipinski definition) is 2. The molecule has 2 nitrogen and oxygen atoms in total. The van der Waals surface area contributed by atoms with Gasteiger partial charge in [-0.3, -0.25) is 0 Å². The highest BCUT2D eigenvalue weighted by atomic mass is 79.9. The van der Waals surface area contributed by atoms with Crippen LogP contribution in [0.4, 0.5) is 0 Å². The van der Waals surface area contributed by atoms with Crippen molar-refractivity contribution >= 4 is 15.9 Å². The lowest BCUT2D eigenvalue weighted by Crippen LogP contribution is -2.24. The first-order valence-corrected chi connectivity index (χ1v) is 6.74. The van der Waals surface area contributed by atoms with E-state index in [9.17, 15) is 0 Å². The second kappa shape index (κ2) is 6.22. The maximum absolute atomic E-state index is 5.81. The monoisotopic (exact) mass is 296 g/mol. The van der Waals surface area contributed by atoms with E-state index in [1.165, 1.54) is 12.0 Å². The van der Waals surface area contributed by atoms with E-state index in [0.29, 0.717) is 0 Å². The van der Waals surface area contributed by atoms with Crippen molar-refractivity contribution in [3.63, 3.8) is 0 Å². The molecule has 0 N–H and O–H groups in total. The Balaban J connectivity index is 1.97. The second-order valence-corrected chi connectivity index (χ2v) is 5.38. The Kier molecular flexibility index (Phi) is 4.63. The van der Waals surface area contributed by atoms with Crippen LogP contribution < -0.4 is 4.74 Å². The van der Waals surface area contributed by atoms with Crippen LogP contribution in [0.3, 0.4) is 0 Å². The molecule has 0 aromatic heterocycles. The number of rotatable bonds is 4. The Morgan fingerprint density at radius 1 is 1.47 bits per heavy atom. The van der Waals surface area contributed by atoms with Crippen molar-refractivity contribution in [2.75, 3.05) is 6.61 Å². The van der Waals surface area contributed by atoms with Gasteiger partial charge in [-0.05, 0) is 35.0 Å². The minimum atomic E-state index is -0.0776. The predicted molar refractivity (Wildman–Crippen MR) is 72.4 cm³/mol. The van der Waals surface area contributed by atoms with Crippen LogP contribution in [-0.2, 0) is 11.2 Å². The van der Waals surface area contributed by atoms with Gasteiger partial charge in [0, 0.05) is 12.8 Å². The summed E-state index contributed by atoms with van der Waals surface area (Å²) in [6.07, 6.45) is 4.05. The van der Waals surface area contributed by atoms with Crippen LogP contribution in [-0.4, -0.2) is 12.9 Å². The molecule has 1 aliphatic rings. The highest BCUT2D eigenvalue weighted by molar-refractivity contribution is 9.11. The predicted octanol–water partition coefficient (Wildman–Crippen LogP) is 4.04. The van der Waals surface area contributed by atoms with E-state index in [2.05, 4.69) is 28.6 Å². The molecule has 1 aliphatic heterocycles. The molecule has 17 heavy (non-hydrogen) atoms. The molecule has 1 aromatic rings. The molecule has 0 spiro atoms. The average molecular weight is 297 g/mol. The third-order valence-corrected chi connectivity index (χ3v) is 2.98. The van der Waals surface area contributed by atoms with Crippen LogP contribution in [0.5, 0.6) is 5.75 Å². The van der Waals surface area contributed by atoms with Gasteiger partial charge in [0.15, 0.2) is 6.29 Å². The Bertz CT molecular complexity index is 384. The first-order valence-electron chi connectivity index (χ1n) is 5.94. The third kappa shape index (κ3) is 4.17. The molecule has 1 fully saturated rings. The van der Waals surface area contributed by atoms with Gasteiger partial charge in [-0.2, -0.15) is 0 Å². The standard InChI is InChI=1S/C14H17BrO2/c1-11(15)9-12-5-4-6-13(10-12)17-14-7-2-3-8-16-14/h4-6,10,14H,1-3,7-9H2/t14-/m1/s1. The summed E-state index contributed by atoms with van der Waals surface area (Å²) < 4.78 is 12.3. The van der Waals surface area contributed by atoms with Crippen LogP contribution in [0.1, 0.15) is 24.8 Å². The summed E-state index contributed by atoms with van der Waals surface area (Å²) in [5.74, 6) is 0.878. The fourth-order valence-corrected chi connectivity index (χ4v) is 2.23. The SMILES string of the molecule is C=C(Br)Cc1cccc(O[C@@H]2CCCCO2)c1. The van der Waals surface area contributed by atoms with Crippen LogP contribution in [0.15, 0.2) is 35.3 Å². The molecule has 0 radical (unpaired) electrons. The molecule has 2 rings (SSSR count). The molecular weight excluding hydrogens is 280 g/mol. The zero-order valence-corrected chi connectivity index (χ0v) is 11.4. The van der Waals surface area contributed by atoms with E-state index in [1.807, 2.05) is 18.2 Å². The first-order chi connectivity index (χ1) is 8.24. The minimum absolute atomic E-state index is 0.0776. The van der Waals surface area contributed by atoms with Crippen molar-refractivity contribution in [3.05, 3.63) is 40.9 Å². The van der Waals surface area contributed by atoms with Crippen LogP contribution >= 0.6 is 15.9 Å². The molecule has 92 valence electrons. The molecule has 1 aromatic carbocycles. The van der Waals surface area contributed by atoms with E-state index in [0.717, 1.165) is 36.1 Å². The Hall–Kier alpha value is -0.800. The summed E-state index contributed by atoms with van der Waals surface area (Å²) in [4.78, 5) is 0. The molecule has 3 heteroatoms. The quantitative estimate of drug-likeness (QED) is 0.835. The molecule has 1 atom stereocenters. The van der Waals surface area contributed by atoms with Gasteiger partial charge >= 0.3 is 0 Å². The molecule has 1 heterocycles. The van der Waals surface area contributed by atoms with Crippen LogP contribution in [0.25, 0.3) is 0 Å². The van der Waals surface area contributed by atoms with Crippen molar-refractivity contribution in [1.29, 1.82) is 0 Å². The third-order valence-electron chi connectivity index (χ3n) is 2.70. The van der Waals surface area contributed by atoms with Gasteiger partial charge in [-0.1, -0.05) is 34.6 Å². The first kappa shape index (κ1) is 12.7.